The minimum atomic E-state index is -0.412. The van der Waals surface area contributed by atoms with Gasteiger partial charge in [-0.15, -0.1) is 0 Å². The van der Waals surface area contributed by atoms with Gasteiger partial charge in [-0.2, -0.15) is 0 Å². The fourth-order valence-electron chi connectivity index (χ4n) is 3.06. The van der Waals surface area contributed by atoms with E-state index in [2.05, 4.69) is 4.74 Å². The monoisotopic (exact) mass is 319 g/mol. The van der Waals surface area contributed by atoms with Crippen molar-refractivity contribution in [2.75, 3.05) is 20.8 Å². The molecule has 0 radical (unpaired) electrons. The number of hydroxylamine groups is 2. The Morgan fingerprint density at radius 1 is 1.04 bits per heavy atom. The number of hydrogen-bond donors (Lipinski definition) is 0. The lowest BCUT2D eigenvalue weighted by molar-refractivity contribution is -0.0978. The summed E-state index contributed by atoms with van der Waals surface area (Å²) in [7, 11) is 2.85. The highest BCUT2D eigenvalue weighted by molar-refractivity contribution is 5.95. The van der Waals surface area contributed by atoms with Crippen LogP contribution in [-0.2, 0) is 9.57 Å². The number of methoxy groups -OCH3 is 1. The van der Waals surface area contributed by atoms with Crippen LogP contribution in [0.25, 0.3) is 0 Å². The molecule has 1 fully saturated rings. The molecule has 0 unspecified atom stereocenters. The van der Waals surface area contributed by atoms with E-state index < -0.39 is 5.97 Å². The second kappa shape index (κ2) is 8.67. The van der Waals surface area contributed by atoms with E-state index in [4.69, 9.17) is 4.84 Å². The van der Waals surface area contributed by atoms with E-state index in [1.807, 2.05) is 0 Å². The number of esters is 1. The summed E-state index contributed by atoms with van der Waals surface area (Å²) in [5.41, 5.74) is 0.929. The van der Waals surface area contributed by atoms with E-state index in [1.165, 1.54) is 51.4 Å². The average Bonchev–Trinajstić information content (AvgIpc) is 2.62. The number of carbonyl (C=O) groups excluding carboxylic acids is 2. The maximum atomic E-state index is 12.5. The molecule has 5 heteroatoms. The fraction of sp³-hybridized carbons (Fsp3) is 0.556. The van der Waals surface area contributed by atoms with Crippen LogP contribution in [0.1, 0.15) is 59.2 Å². The van der Waals surface area contributed by atoms with Gasteiger partial charge in [-0.1, -0.05) is 32.1 Å². The van der Waals surface area contributed by atoms with E-state index in [9.17, 15) is 9.59 Å². The first-order valence-electron chi connectivity index (χ1n) is 8.20. The Hall–Kier alpha value is -1.88. The topological polar surface area (TPSA) is 55.8 Å². The Labute approximate surface area is 137 Å². The van der Waals surface area contributed by atoms with Gasteiger partial charge in [0.15, 0.2) is 0 Å². The van der Waals surface area contributed by atoms with Crippen LogP contribution in [0.5, 0.6) is 0 Å². The summed E-state index contributed by atoms with van der Waals surface area (Å²) in [6, 6.07) is 6.44. The predicted molar refractivity (Wildman–Crippen MR) is 87.0 cm³/mol. The number of nitrogens with zero attached hydrogens (tertiary/aromatic N) is 1. The van der Waals surface area contributed by atoms with Crippen molar-refractivity contribution in [1.29, 1.82) is 0 Å². The maximum absolute atomic E-state index is 12.5. The molecule has 0 spiro atoms. The zero-order valence-electron chi connectivity index (χ0n) is 13.9. The standard InChI is InChI=1S/C18H25NO4/c1-22-18(21)16-10-8-15(9-11-16)17(20)19(23-2)13-12-14-6-4-3-5-7-14/h8-11,14H,3-7,12-13H2,1-2H3. The molecule has 1 amide bonds. The zero-order chi connectivity index (χ0) is 16.7. The molecule has 1 saturated carbocycles. The molecule has 0 atom stereocenters. The van der Waals surface area contributed by atoms with Crippen LogP contribution in [0.4, 0.5) is 0 Å². The summed E-state index contributed by atoms with van der Waals surface area (Å²) in [6.45, 7) is 0.596. The number of ether oxygens (including phenoxy) is 1. The second-order valence-electron chi connectivity index (χ2n) is 5.95. The van der Waals surface area contributed by atoms with E-state index in [0.717, 1.165) is 6.42 Å². The van der Waals surface area contributed by atoms with Crippen molar-refractivity contribution in [3.8, 4) is 0 Å². The van der Waals surface area contributed by atoms with Crippen molar-refractivity contribution in [2.45, 2.75) is 38.5 Å². The molecule has 23 heavy (non-hydrogen) atoms. The van der Waals surface area contributed by atoms with Crippen LogP contribution in [0.15, 0.2) is 24.3 Å². The molecule has 0 aliphatic heterocycles. The first-order valence-corrected chi connectivity index (χ1v) is 8.20. The molecule has 1 aromatic rings. The minimum absolute atomic E-state index is 0.181. The molecular weight excluding hydrogens is 294 g/mol. The third-order valence-electron chi connectivity index (χ3n) is 4.47. The van der Waals surface area contributed by atoms with Crippen molar-refractivity contribution in [2.24, 2.45) is 5.92 Å². The van der Waals surface area contributed by atoms with Crippen molar-refractivity contribution in [3.63, 3.8) is 0 Å². The van der Waals surface area contributed by atoms with E-state index in [0.29, 0.717) is 23.6 Å². The van der Waals surface area contributed by atoms with Gasteiger partial charge in [0.05, 0.1) is 19.8 Å². The molecule has 0 saturated heterocycles. The normalized spacial score (nSPS) is 15.2. The number of amides is 1. The quantitative estimate of drug-likeness (QED) is 0.595. The van der Waals surface area contributed by atoms with Gasteiger partial charge in [-0.25, -0.2) is 9.86 Å². The van der Waals surface area contributed by atoms with Gasteiger partial charge >= 0.3 is 5.97 Å². The summed E-state index contributed by atoms with van der Waals surface area (Å²) in [6.07, 6.45) is 7.39. The third-order valence-corrected chi connectivity index (χ3v) is 4.47. The van der Waals surface area contributed by atoms with Crippen molar-refractivity contribution in [3.05, 3.63) is 35.4 Å². The Morgan fingerprint density at radius 3 is 2.22 bits per heavy atom. The summed E-state index contributed by atoms with van der Waals surface area (Å²) in [5, 5.41) is 1.40. The average molecular weight is 319 g/mol. The van der Waals surface area contributed by atoms with Gasteiger partial charge in [-0.3, -0.25) is 9.63 Å². The number of hydrogen-bond acceptors (Lipinski definition) is 4. The Morgan fingerprint density at radius 2 is 1.65 bits per heavy atom. The highest BCUT2D eigenvalue weighted by Gasteiger charge is 2.19. The van der Waals surface area contributed by atoms with Gasteiger partial charge in [0.25, 0.3) is 5.91 Å². The van der Waals surface area contributed by atoms with Crippen LogP contribution >= 0.6 is 0 Å². The lowest BCUT2D eigenvalue weighted by Crippen LogP contribution is -2.32. The molecule has 5 nitrogen and oxygen atoms in total. The molecule has 1 aliphatic carbocycles. The van der Waals surface area contributed by atoms with Crippen LogP contribution in [0, 0.1) is 5.92 Å². The highest BCUT2D eigenvalue weighted by Crippen LogP contribution is 2.26. The van der Waals surface area contributed by atoms with Gasteiger partial charge in [0.1, 0.15) is 0 Å². The molecule has 1 aromatic carbocycles. The summed E-state index contributed by atoms with van der Waals surface area (Å²) < 4.78 is 4.65. The van der Waals surface area contributed by atoms with Crippen molar-refractivity contribution < 1.29 is 19.2 Å². The molecule has 0 bridgehead atoms. The molecule has 126 valence electrons. The van der Waals surface area contributed by atoms with E-state index in [-0.39, 0.29) is 5.91 Å². The van der Waals surface area contributed by atoms with Crippen LogP contribution in [-0.4, -0.2) is 37.7 Å². The molecule has 2 rings (SSSR count). The van der Waals surface area contributed by atoms with Crippen molar-refractivity contribution in [1.82, 2.24) is 5.06 Å². The molecule has 0 N–H and O–H groups in total. The Kier molecular flexibility index (Phi) is 6.59. The van der Waals surface area contributed by atoms with Crippen molar-refractivity contribution >= 4 is 11.9 Å². The van der Waals surface area contributed by atoms with E-state index >= 15 is 0 Å². The van der Waals surface area contributed by atoms with Gasteiger partial charge in [-0.05, 0) is 36.6 Å². The first-order chi connectivity index (χ1) is 11.2. The summed E-state index contributed by atoms with van der Waals surface area (Å²) >= 11 is 0. The fourth-order valence-corrected chi connectivity index (χ4v) is 3.06. The van der Waals surface area contributed by atoms with Crippen LogP contribution in [0.3, 0.4) is 0 Å². The van der Waals surface area contributed by atoms with Crippen LogP contribution in [0.2, 0.25) is 0 Å². The lowest BCUT2D eigenvalue weighted by Gasteiger charge is -2.25. The molecule has 1 aliphatic rings. The smallest absolute Gasteiger partial charge is 0.337 e. The number of rotatable bonds is 6. The van der Waals surface area contributed by atoms with E-state index in [1.54, 1.807) is 24.3 Å². The Bertz CT molecular complexity index is 520. The largest absolute Gasteiger partial charge is 0.465 e. The summed E-state index contributed by atoms with van der Waals surface area (Å²) in [4.78, 5) is 29.2. The highest BCUT2D eigenvalue weighted by atomic mass is 16.7. The molecule has 0 heterocycles. The molecule has 0 aromatic heterocycles. The predicted octanol–water partition coefficient (Wildman–Crippen LogP) is 3.45. The Balaban J connectivity index is 1.94. The SMILES string of the molecule is COC(=O)c1ccc(C(=O)N(CCC2CCCCC2)OC)cc1. The summed E-state index contributed by atoms with van der Waals surface area (Å²) in [5.74, 6) is 0.0977. The first kappa shape index (κ1) is 17.5. The van der Waals surface area contributed by atoms with Gasteiger partial charge in [0, 0.05) is 12.1 Å². The second-order valence-corrected chi connectivity index (χ2v) is 5.95. The number of carbonyl (C=O) groups is 2. The maximum Gasteiger partial charge on any atom is 0.337 e. The third kappa shape index (κ3) is 4.79. The molecular formula is C18H25NO4. The van der Waals surface area contributed by atoms with Gasteiger partial charge in [0.2, 0.25) is 0 Å². The number of benzene rings is 1. The zero-order valence-corrected chi connectivity index (χ0v) is 13.9. The lowest BCUT2D eigenvalue weighted by atomic mass is 9.87. The minimum Gasteiger partial charge on any atom is -0.465 e. The van der Waals surface area contributed by atoms with Gasteiger partial charge < -0.3 is 4.74 Å². The van der Waals surface area contributed by atoms with Crippen LogP contribution < -0.4 is 0 Å².